The molecule has 0 aromatic heterocycles. The van der Waals surface area contributed by atoms with E-state index in [1.165, 1.54) is 0 Å². The minimum atomic E-state index is 0.640. The molecule has 0 fully saturated rings. The molecule has 0 radical (unpaired) electrons. The van der Waals surface area contributed by atoms with Crippen LogP contribution in [0.3, 0.4) is 0 Å². The summed E-state index contributed by atoms with van der Waals surface area (Å²) in [6, 6.07) is 5.96. The maximum absolute atomic E-state index is 5.54. The fourth-order valence-corrected chi connectivity index (χ4v) is 1.62. The molecule has 0 atom stereocenters. The molecule has 0 aliphatic carbocycles. The first kappa shape index (κ1) is 14.6. The van der Waals surface area contributed by atoms with Gasteiger partial charge in [-0.05, 0) is 37.6 Å². The fraction of sp³-hybridized carbons (Fsp3) is 0.467. The lowest BCUT2D eigenvalue weighted by Crippen LogP contribution is -2.13. The van der Waals surface area contributed by atoms with Gasteiger partial charge < -0.3 is 14.8 Å². The molecule has 0 saturated heterocycles. The Balaban J connectivity index is 2.63. The van der Waals surface area contributed by atoms with E-state index in [0.717, 1.165) is 36.6 Å². The molecular formula is C15H23NO2. The van der Waals surface area contributed by atoms with Crippen LogP contribution in [0, 0.1) is 0 Å². The molecule has 1 N–H and O–H groups in total. The van der Waals surface area contributed by atoms with Gasteiger partial charge in [-0.15, -0.1) is 0 Å². The number of rotatable bonds is 8. The lowest BCUT2D eigenvalue weighted by Gasteiger charge is -2.09. The normalized spacial score (nSPS) is 10.8. The molecule has 0 spiro atoms. The summed E-state index contributed by atoms with van der Waals surface area (Å²) < 4.78 is 10.8. The van der Waals surface area contributed by atoms with Gasteiger partial charge in [-0.1, -0.05) is 25.1 Å². The van der Waals surface area contributed by atoms with Crippen molar-refractivity contribution in [1.29, 1.82) is 0 Å². The van der Waals surface area contributed by atoms with Crippen molar-refractivity contribution in [3.05, 3.63) is 29.8 Å². The van der Waals surface area contributed by atoms with E-state index in [1.54, 1.807) is 7.11 Å². The zero-order chi connectivity index (χ0) is 13.2. The molecule has 0 saturated carbocycles. The SMILES string of the molecule is CCCNCC=Cc1ccc(OC)c(OCC)c1. The van der Waals surface area contributed by atoms with Gasteiger partial charge in [-0.25, -0.2) is 0 Å². The molecule has 1 rings (SSSR count). The number of benzene rings is 1. The highest BCUT2D eigenvalue weighted by Gasteiger charge is 2.03. The van der Waals surface area contributed by atoms with Crippen LogP contribution < -0.4 is 14.8 Å². The Morgan fingerprint density at radius 2 is 2.06 bits per heavy atom. The summed E-state index contributed by atoms with van der Waals surface area (Å²) in [4.78, 5) is 0. The van der Waals surface area contributed by atoms with Gasteiger partial charge in [0.15, 0.2) is 11.5 Å². The highest BCUT2D eigenvalue weighted by atomic mass is 16.5. The number of hydrogen-bond acceptors (Lipinski definition) is 3. The van der Waals surface area contributed by atoms with Gasteiger partial charge in [0.1, 0.15) is 0 Å². The number of methoxy groups -OCH3 is 1. The summed E-state index contributed by atoms with van der Waals surface area (Å²) in [5, 5.41) is 3.32. The summed E-state index contributed by atoms with van der Waals surface area (Å²) in [5.41, 5.74) is 1.12. The van der Waals surface area contributed by atoms with E-state index >= 15 is 0 Å². The molecule has 0 bridgehead atoms. The molecular weight excluding hydrogens is 226 g/mol. The fourth-order valence-electron chi connectivity index (χ4n) is 1.62. The third-order valence-corrected chi connectivity index (χ3v) is 2.49. The van der Waals surface area contributed by atoms with E-state index in [4.69, 9.17) is 9.47 Å². The van der Waals surface area contributed by atoms with Crippen LogP contribution in [0.1, 0.15) is 25.8 Å². The Morgan fingerprint density at radius 3 is 2.72 bits per heavy atom. The molecule has 0 unspecified atom stereocenters. The summed E-state index contributed by atoms with van der Waals surface area (Å²) in [6.45, 7) is 6.72. The largest absolute Gasteiger partial charge is 0.493 e. The van der Waals surface area contributed by atoms with Crippen molar-refractivity contribution in [1.82, 2.24) is 5.32 Å². The topological polar surface area (TPSA) is 30.5 Å². The Bertz CT molecular complexity index is 375. The average molecular weight is 249 g/mol. The summed E-state index contributed by atoms with van der Waals surface area (Å²) in [5.74, 6) is 1.57. The molecule has 0 aliphatic heterocycles. The maximum Gasteiger partial charge on any atom is 0.161 e. The smallest absolute Gasteiger partial charge is 0.161 e. The molecule has 0 amide bonds. The Kier molecular flexibility index (Phi) is 6.96. The van der Waals surface area contributed by atoms with Gasteiger partial charge in [-0.2, -0.15) is 0 Å². The zero-order valence-corrected chi connectivity index (χ0v) is 11.5. The minimum Gasteiger partial charge on any atom is -0.493 e. The van der Waals surface area contributed by atoms with Gasteiger partial charge in [0, 0.05) is 6.54 Å². The Labute approximate surface area is 110 Å². The van der Waals surface area contributed by atoms with E-state index in [-0.39, 0.29) is 0 Å². The van der Waals surface area contributed by atoms with Crippen LogP contribution in [0.5, 0.6) is 11.5 Å². The third-order valence-electron chi connectivity index (χ3n) is 2.49. The van der Waals surface area contributed by atoms with Crippen molar-refractivity contribution in [3.8, 4) is 11.5 Å². The van der Waals surface area contributed by atoms with E-state index in [2.05, 4.69) is 24.4 Å². The van der Waals surface area contributed by atoms with E-state index in [9.17, 15) is 0 Å². The first-order valence-electron chi connectivity index (χ1n) is 6.49. The lowest BCUT2D eigenvalue weighted by atomic mass is 10.2. The van der Waals surface area contributed by atoms with Gasteiger partial charge >= 0.3 is 0 Å². The Hall–Kier alpha value is -1.48. The second kappa shape index (κ2) is 8.59. The van der Waals surface area contributed by atoms with Crippen LogP contribution in [0.2, 0.25) is 0 Å². The molecule has 1 aromatic carbocycles. The average Bonchev–Trinajstić information content (AvgIpc) is 2.39. The molecule has 100 valence electrons. The highest BCUT2D eigenvalue weighted by molar-refractivity contribution is 5.56. The van der Waals surface area contributed by atoms with Gasteiger partial charge in [0.05, 0.1) is 13.7 Å². The molecule has 0 aliphatic rings. The minimum absolute atomic E-state index is 0.640. The number of ether oxygens (including phenoxy) is 2. The van der Waals surface area contributed by atoms with Crippen LogP contribution in [0.15, 0.2) is 24.3 Å². The van der Waals surface area contributed by atoms with Crippen molar-refractivity contribution in [2.75, 3.05) is 26.8 Å². The lowest BCUT2D eigenvalue weighted by molar-refractivity contribution is 0.311. The summed E-state index contributed by atoms with van der Waals surface area (Å²) >= 11 is 0. The van der Waals surface area contributed by atoms with Crippen LogP contribution in [-0.2, 0) is 0 Å². The van der Waals surface area contributed by atoms with Gasteiger partial charge in [-0.3, -0.25) is 0 Å². The zero-order valence-electron chi connectivity index (χ0n) is 11.5. The van der Waals surface area contributed by atoms with Crippen LogP contribution in [0.4, 0.5) is 0 Å². The molecule has 1 aromatic rings. The van der Waals surface area contributed by atoms with E-state index in [1.807, 2.05) is 25.1 Å². The second-order valence-electron chi connectivity index (χ2n) is 3.95. The molecule has 0 heterocycles. The number of hydrogen-bond donors (Lipinski definition) is 1. The van der Waals surface area contributed by atoms with Crippen LogP contribution in [-0.4, -0.2) is 26.8 Å². The van der Waals surface area contributed by atoms with Crippen molar-refractivity contribution in [3.63, 3.8) is 0 Å². The van der Waals surface area contributed by atoms with Crippen molar-refractivity contribution >= 4 is 6.08 Å². The van der Waals surface area contributed by atoms with E-state index in [0.29, 0.717) is 6.61 Å². The summed E-state index contributed by atoms with van der Waals surface area (Å²) in [7, 11) is 1.65. The highest BCUT2D eigenvalue weighted by Crippen LogP contribution is 2.28. The van der Waals surface area contributed by atoms with Gasteiger partial charge in [0.2, 0.25) is 0 Å². The Morgan fingerprint density at radius 1 is 1.22 bits per heavy atom. The maximum atomic E-state index is 5.54. The predicted octanol–water partition coefficient (Wildman–Crippen LogP) is 3.11. The molecule has 18 heavy (non-hydrogen) atoms. The monoisotopic (exact) mass is 249 g/mol. The summed E-state index contributed by atoms with van der Waals surface area (Å²) in [6.07, 6.45) is 5.36. The predicted molar refractivity (Wildman–Crippen MR) is 76.4 cm³/mol. The van der Waals surface area contributed by atoms with Crippen molar-refractivity contribution in [2.24, 2.45) is 0 Å². The van der Waals surface area contributed by atoms with Crippen LogP contribution in [0.25, 0.3) is 6.08 Å². The van der Waals surface area contributed by atoms with Crippen molar-refractivity contribution in [2.45, 2.75) is 20.3 Å². The second-order valence-corrected chi connectivity index (χ2v) is 3.95. The van der Waals surface area contributed by atoms with E-state index < -0.39 is 0 Å². The molecule has 3 nitrogen and oxygen atoms in total. The van der Waals surface area contributed by atoms with Gasteiger partial charge in [0.25, 0.3) is 0 Å². The third kappa shape index (κ3) is 4.80. The van der Waals surface area contributed by atoms with Crippen molar-refractivity contribution < 1.29 is 9.47 Å². The molecule has 3 heteroatoms. The first-order chi connectivity index (χ1) is 8.81. The van der Waals surface area contributed by atoms with Crippen LogP contribution >= 0.6 is 0 Å². The number of nitrogens with one attached hydrogen (secondary N) is 1. The quantitative estimate of drug-likeness (QED) is 0.718. The first-order valence-corrected chi connectivity index (χ1v) is 6.49. The standard InChI is InChI=1S/C15H23NO2/c1-4-10-16-11-6-7-13-8-9-14(17-3)15(12-13)18-5-2/h6-9,12,16H,4-5,10-11H2,1-3H3.